The summed E-state index contributed by atoms with van der Waals surface area (Å²) in [6, 6.07) is 9.85. The summed E-state index contributed by atoms with van der Waals surface area (Å²) in [5, 5.41) is 11.1. The number of nitrogens with one attached hydrogen (secondary N) is 1. The van der Waals surface area contributed by atoms with Crippen LogP contribution >= 0.6 is 34.9 Å². The fourth-order valence-electron chi connectivity index (χ4n) is 1.41. The smallest absolute Gasteiger partial charge is 0.239 e. The number of thioether (sulfide) groups is 2. The molecule has 2 rings (SSSR count). The summed E-state index contributed by atoms with van der Waals surface area (Å²) < 4.78 is 0.827. The van der Waals surface area contributed by atoms with Crippen LogP contribution in [0.5, 0.6) is 0 Å². The molecule has 21 heavy (non-hydrogen) atoms. The quantitative estimate of drug-likeness (QED) is 0.471. The first-order valence-corrected chi connectivity index (χ1v) is 8.97. The van der Waals surface area contributed by atoms with Crippen molar-refractivity contribution in [3.8, 4) is 0 Å². The minimum absolute atomic E-state index is 0.0692. The molecule has 0 radical (unpaired) electrons. The second-order valence-electron chi connectivity index (χ2n) is 4.04. The molecule has 0 aliphatic heterocycles. The van der Waals surface area contributed by atoms with Gasteiger partial charge < -0.3 is 0 Å². The lowest BCUT2D eigenvalue weighted by Crippen LogP contribution is -2.22. The van der Waals surface area contributed by atoms with Crippen LogP contribution in [-0.4, -0.2) is 27.1 Å². The second-order valence-corrected chi connectivity index (χ2v) is 7.69. The van der Waals surface area contributed by atoms with E-state index in [0.717, 1.165) is 15.0 Å². The van der Waals surface area contributed by atoms with Gasteiger partial charge >= 0.3 is 0 Å². The van der Waals surface area contributed by atoms with E-state index in [2.05, 4.69) is 22.1 Å². The van der Waals surface area contributed by atoms with Crippen molar-refractivity contribution in [2.45, 2.75) is 21.4 Å². The molecule has 0 spiro atoms. The van der Waals surface area contributed by atoms with Crippen molar-refractivity contribution in [3.63, 3.8) is 0 Å². The fourth-order valence-corrected chi connectivity index (χ4v) is 3.82. The summed E-state index contributed by atoms with van der Waals surface area (Å²) >= 11 is 4.44. The van der Waals surface area contributed by atoms with E-state index in [4.69, 9.17) is 0 Å². The molecule has 4 nitrogen and oxygen atoms in total. The van der Waals surface area contributed by atoms with Gasteiger partial charge in [0.1, 0.15) is 0 Å². The van der Waals surface area contributed by atoms with Crippen molar-refractivity contribution >= 4 is 45.9 Å². The van der Waals surface area contributed by atoms with Crippen LogP contribution in [0.4, 0.5) is 5.13 Å². The second kappa shape index (κ2) is 8.21. The Labute approximate surface area is 136 Å². The number of hydrogen-bond acceptors (Lipinski definition) is 6. The highest BCUT2D eigenvalue weighted by atomic mass is 32.2. The lowest BCUT2D eigenvalue weighted by atomic mass is 10.4. The molecule has 1 aromatic heterocycles. The number of carbonyl (C=O) groups is 1. The molecule has 1 heterocycles. The zero-order chi connectivity index (χ0) is 15.1. The number of anilines is 1. The summed E-state index contributed by atoms with van der Waals surface area (Å²) in [5.74, 6) is 0.711. The SMILES string of the molecule is C=CCSc1nnc(NC(=O)[C@H](C)Sc2ccccc2)s1. The van der Waals surface area contributed by atoms with Gasteiger partial charge in [-0.1, -0.05) is 47.4 Å². The molecule has 7 heteroatoms. The van der Waals surface area contributed by atoms with Gasteiger partial charge in [0.2, 0.25) is 11.0 Å². The van der Waals surface area contributed by atoms with Crippen molar-refractivity contribution in [1.82, 2.24) is 10.2 Å². The van der Waals surface area contributed by atoms with E-state index in [9.17, 15) is 4.79 Å². The third kappa shape index (κ3) is 5.18. The molecule has 1 aromatic carbocycles. The summed E-state index contributed by atoms with van der Waals surface area (Å²) in [6.45, 7) is 5.53. The maximum absolute atomic E-state index is 12.1. The first-order chi connectivity index (χ1) is 10.2. The molecule has 0 saturated heterocycles. The van der Waals surface area contributed by atoms with Crippen LogP contribution in [0, 0.1) is 0 Å². The maximum atomic E-state index is 12.1. The molecular weight excluding hydrogens is 322 g/mol. The van der Waals surface area contributed by atoms with Gasteiger partial charge in [-0.3, -0.25) is 10.1 Å². The van der Waals surface area contributed by atoms with Crippen molar-refractivity contribution in [2.75, 3.05) is 11.1 Å². The van der Waals surface area contributed by atoms with Crippen LogP contribution in [0.25, 0.3) is 0 Å². The largest absolute Gasteiger partial charge is 0.300 e. The van der Waals surface area contributed by atoms with Crippen LogP contribution in [0.1, 0.15) is 6.92 Å². The van der Waals surface area contributed by atoms with Gasteiger partial charge in [0.05, 0.1) is 5.25 Å². The molecule has 1 N–H and O–H groups in total. The summed E-state index contributed by atoms with van der Waals surface area (Å²) in [6.07, 6.45) is 1.81. The normalized spacial score (nSPS) is 11.9. The van der Waals surface area contributed by atoms with E-state index in [1.54, 1.807) is 11.8 Å². The van der Waals surface area contributed by atoms with Crippen LogP contribution in [0.2, 0.25) is 0 Å². The van der Waals surface area contributed by atoms with Gasteiger partial charge in [0.15, 0.2) is 4.34 Å². The van der Waals surface area contributed by atoms with Crippen LogP contribution in [-0.2, 0) is 4.79 Å². The van der Waals surface area contributed by atoms with Crippen LogP contribution in [0.15, 0.2) is 52.2 Å². The average molecular weight is 337 g/mol. The Morgan fingerprint density at radius 3 is 2.90 bits per heavy atom. The van der Waals surface area contributed by atoms with E-state index >= 15 is 0 Å². The highest BCUT2D eigenvalue weighted by Gasteiger charge is 2.16. The molecule has 0 aliphatic carbocycles. The standard InChI is InChI=1S/C14H15N3OS3/c1-3-9-19-14-17-16-13(21-14)15-12(18)10(2)20-11-7-5-4-6-8-11/h3-8,10H,1,9H2,2H3,(H,15,16,18)/t10-/m0/s1. The molecule has 0 fully saturated rings. The Hall–Kier alpha value is -1.31. The first kappa shape index (κ1) is 16.1. The lowest BCUT2D eigenvalue weighted by Gasteiger charge is -2.09. The molecule has 0 saturated carbocycles. The predicted molar refractivity (Wildman–Crippen MR) is 91.2 cm³/mol. The molecule has 0 unspecified atom stereocenters. The van der Waals surface area contributed by atoms with Crippen molar-refractivity contribution in [1.29, 1.82) is 0 Å². The van der Waals surface area contributed by atoms with Crippen molar-refractivity contribution in [3.05, 3.63) is 43.0 Å². The Morgan fingerprint density at radius 1 is 1.43 bits per heavy atom. The van der Waals surface area contributed by atoms with Gasteiger partial charge in [-0.05, 0) is 19.1 Å². The van der Waals surface area contributed by atoms with Gasteiger partial charge in [-0.15, -0.1) is 28.5 Å². The average Bonchev–Trinajstić information content (AvgIpc) is 2.93. The zero-order valence-electron chi connectivity index (χ0n) is 11.5. The molecule has 1 atom stereocenters. The predicted octanol–water partition coefficient (Wildman–Crippen LogP) is 3.94. The molecule has 2 aromatic rings. The number of hydrogen-bond donors (Lipinski definition) is 1. The monoisotopic (exact) mass is 337 g/mol. The molecule has 0 bridgehead atoms. The Kier molecular flexibility index (Phi) is 6.28. The van der Waals surface area contributed by atoms with Crippen LogP contribution < -0.4 is 5.32 Å². The topological polar surface area (TPSA) is 54.9 Å². The third-order valence-corrected chi connectivity index (χ3v) is 5.47. The van der Waals surface area contributed by atoms with Gasteiger partial charge in [0, 0.05) is 10.6 Å². The Bertz CT molecular complexity index is 601. The molecule has 0 aliphatic rings. The Balaban J connectivity index is 1.88. The lowest BCUT2D eigenvalue weighted by molar-refractivity contribution is -0.115. The number of aromatic nitrogens is 2. The van der Waals surface area contributed by atoms with E-state index in [1.165, 1.54) is 23.1 Å². The first-order valence-electron chi connectivity index (χ1n) is 6.29. The minimum atomic E-state index is -0.194. The number of nitrogens with zero attached hydrogens (tertiary/aromatic N) is 2. The van der Waals surface area contributed by atoms with Gasteiger partial charge in [-0.2, -0.15) is 0 Å². The Morgan fingerprint density at radius 2 is 2.19 bits per heavy atom. The van der Waals surface area contributed by atoms with Crippen molar-refractivity contribution in [2.24, 2.45) is 0 Å². The summed E-state index contributed by atoms with van der Waals surface area (Å²) in [5.41, 5.74) is 0. The highest BCUT2D eigenvalue weighted by molar-refractivity contribution is 8.01. The summed E-state index contributed by atoms with van der Waals surface area (Å²) in [4.78, 5) is 13.2. The van der Waals surface area contributed by atoms with E-state index in [-0.39, 0.29) is 11.2 Å². The molecule has 1 amide bonds. The van der Waals surface area contributed by atoms with E-state index in [0.29, 0.717) is 5.13 Å². The number of carbonyl (C=O) groups excluding carboxylic acids is 1. The van der Waals surface area contributed by atoms with Crippen LogP contribution in [0.3, 0.4) is 0 Å². The molecular formula is C14H15N3OS3. The molecule has 110 valence electrons. The zero-order valence-corrected chi connectivity index (χ0v) is 13.9. The minimum Gasteiger partial charge on any atom is -0.300 e. The summed E-state index contributed by atoms with van der Waals surface area (Å²) in [7, 11) is 0. The van der Waals surface area contributed by atoms with E-state index in [1.807, 2.05) is 43.3 Å². The highest BCUT2D eigenvalue weighted by Crippen LogP contribution is 2.27. The maximum Gasteiger partial charge on any atom is 0.239 e. The van der Waals surface area contributed by atoms with Gasteiger partial charge in [0.25, 0.3) is 0 Å². The third-order valence-electron chi connectivity index (χ3n) is 2.39. The number of benzene rings is 1. The number of rotatable bonds is 7. The van der Waals surface area contributed by atoms with E-state index < -0.39 is 0 Å². The number of amides is 1. The van der Waals surface area contributed by atoms with Gasteiger partial charge in [-0.25, -0.2) is 0 Å². The van der Waals surface area contributed by atoms with Crippen molar-refractivity contribution < 1.29 is 4.79 Å². The fraction of sp³-hybridized carbons (Fsp3) is 0.214.